The molecule has 1 aromatic carbocycles. The maximum atomic E-state index is 11.2. The molecular formula is C15H24O3Sn. The number of aromatic carboxylic acids is 1. The Bertz CT molecular complexity index is 479. The molecule has 19 heavy (non-hydrogen) atoms. The number of phenols is 1. The summed E-state index contributed by atoms with van der Waals surface area (Å²) in [6, 6.07) is 3.47. The van der Waals surface area contributed by atoms with Gasteiger partial charge < -0.3 is 10.2 Å². The molecule has 0 aliphatic heterocycles. The predicted molar refractivity (Wildman–Crippen MR) is 81.0 cm³/mol. The average Bonchev–Trinajstić information content (AvgIpc) is 2.13. The molecule has 0 atom stereocenters. The first-order valence-corrected chi connectivity index (χ1v) is 6.06. The molecule has 106 valence electrons. The van der Waals surface area contributed by atoms with Crippen LogP contribution in [0, 0.1) is 0 Å². The van der Waals surface area contributed by atoms with Gasteiger partial charge in [-0.1, -0.05) is 47.6 Å². The SMILES string of the molecule is CC(C)(C)c1cc(C(=O)O)c(O)c(C(C)(C)C)c1.[SnH2]. The number of hydrogen-bond acceptors (Lipinski definition) is 2. The van der Waals surface area contributed by atoms with Crippen molar-refractivity contribution in [1.82, 2.24) is 0 Å². The van der Waals surface area contributed by atoms with E-state index >= 15 is 0 Å². The van der Waals surface area contributed by atoms with Crippen LogP contribution in [-0.4, -0.2) is 40.1 Å². The zero-order chi connectivity index (χ0) is 14.3. The van der Waals surface area contributed by atoms with Gasteiger partial charge in [-0.2, -0.15) is 0 Å². The van der Waals surface area contributed by atoms with E-state index in [0.29, 0.717) is 5.56 Å². The zero-order valence-corrected chi connectivity index (χ0v) is 16.7. The maximum absolute atomic E-state index is 11.2. The van der Waals surface area contributed by atoms with E-state index in [4.69, 9.17) is 0 Å². The fourth-order valence-corrected chi connectivity index (χ4v) is 1.80. The summed E-state index contributed by atoms with van der Waals surface area (Å²) in [6.07, 6.45) is 0. The van der Waals surface area contributed by atoms with Gasteiger partial charge in [-0.05, 0) is 22.5 Å². The van der Waals surface area contributed by atoms with Crippen molar-refractivity contribution >= 4 is 29.9 Å². The Morgan fingerprint density at radius 3 is 1.79 bits per heavy atom. The number of carboxylic acids is 1. The van der Waals surface area contributed by atoms with Gasteiger partial charge in [0.15, 0.2) is 0 Å². The Morgan fingerprint density at radius 1 is 1.00 bits per heavy atom. The first-order chi connectivity index (χ1) is 7.94. The molecule has 0 aromatic heterocycles. The third-order valence-electron chi connectivity index (χ3n) is 3.01. The predicted octanol–water partition coefficient (Wildman–Crippen LogP) is 2.77. The Labute approximate surface area is 132 Å². The molecule has 1 aromatic rings. The van der Waals surface area contributed by atoms with Crippen molar-refractivity contribution in [2.24, 2.45) is 0 Å². The number of carbonyl (C=O) groups is 1. The summed E-state index contributed by atoms with van der Waals surface area (Å²) in [5, 5.41) is 19.3. The Hall–Kier alpha value is -0.711. The molecule has 0 amide bonds. The fourth-order valence-electron chi connectivity index (χ4n) is 1.80. The zero-order valence-electron chi connectivity index (χ0n) is 12.7. The standard InChI is InChI=1S/C15H22O3.Sn.2H/c1-14(2,3)9-7-10(13(17)18)12(16)11(8-9)15(4,5)6;;;/h7-8,16H,1-6H3,(H,17,18);;;. The Kier molecular flexibility index (Phi) is 5.52. The van der Waals surface area contributed by atoms with Gasteiger partial charge in [0.05, 0.1) is 0 Å². The normalized spacial score (nSPS) is 11.9. The summed E-state index contributed by atoms with van der Waals surface area (Å²) >= 11 is 0. The first kappa shape index (κ1) is 18.3. The van der Waals surface area contributed by atoms with Crippen LogP contribution in [0.25, 0.3) is 0 Å². The van der Waals surface area contributed by atoms with E-state index in [1.807, 2.05) is 47.6 Å². The van der Waals surface area contributed by atoms with Crippen molar-refractivity contribution in [1.29, 1.82) is 0 Å². The topological polar surface area (TPSA) is 57.5 Å². The Morgan fingerprint density at radius 2 is 1.47 bits per heavy atom. The molecule has 0 saturated heterocycles. The summed E-state index contributed by atoms with van der Waals surface area (Å²) < 4.78 is 0. The van der Waals surface area contributed by atoms with Crippen LogP contribution in [-0.2, 0) is 10.8 Å². The van der Waals surface area contributed by atoms with Crippen LogP contribution in [0.4, 0.5) is 0 Å². The quantitative estimate of drug-likeness (QED) is 0.747. The van der Waals surface area contributed by atoms with Crippen LogP contribution < -0.4 is 0 Å². The van der Waals surface area contributed by atoms with Gasteiger partial charge in [-0.3, -0.25) is 0 Å². The Balaban J connectivity index is 0.00000324. The van der Waals surface area contributed by atoms with Gasteiger partial charge in [0.1, 0.15) is 11.3 Å². The molecule has 0 aliphatic carbocycles. The van der Waals surface area contributed by atoms with Crippen molar-refractivity contribution in [3.05, 3.63) is 28.8 Å². The van der Waals surface area contributed by atoms with Crippen molar-refractivity contribution in [2.75, 3.05) is 0 Å². The summed E-state index contributed by atoms with van der Waals surface area (Å²) in [6.45, 7) is 12.0. The number of hydrogen-bond donors (Lipinski definition) is 2. The molecule has 0 heterocycles. The second-order valence-electron chi connectivity index (χ2n) is 6.73. The van der Waals surface area contributed by atoms with Gasteiger partial charge in [-0.25, -0.2) is 4.79 Å². The summed E-state index contributed by atoms with van der Waals surface area (Å²) in [5.74, 6) is -1.22. The van der Waals surface area contributed by atoms with E-state index in [9.17, 15) is 15.0 Å². The average molecular weight is 371 g/mol. The molecule has 2 N–H and O–H groups in total. The van der Waals surface area contributed by atoms with Crippen molar-refractivity contribution in [3.63, 3.8) is 0 Å². The van der Waals surface area contributed by atoms with E-state index in [2.05, 4.69) is 0 Å². The van der Waals surface area contributed by atoms with E-state index in [0.717, 1.165) is 5.56 Å². The van der Waals surface area contributed by atoms with E-state index in [-0.39, 0.29) is 46.1 Å². The van der Waals surface area contributed by atoms with Crippen LogP contribution >= 0.6 is 0 Å². The fraction of sp³-hybridized carbons (Fsp3) is 0.533. The van der Waals surface area contributed by atoms with Crippen LogP contribution in [0.1, 0.15) is 63.0 Å². The second-order valence-corrected chi connectivity index (χ2v) is 6.73. The third kappa shape index (κ3) is 4.13. The van der Waals surface area contributed by atoms with E-state index in [1.165, 1.54) is 0 Å². The van der Waals surface area contributed by atoms with Gasteiger partial charge in [0.25, 0.3) is 0 Å². The summed E-state index contributed by atoms with van der Waals surface area (Å²) in [7, 11) is 0. The monoisotopic (exact) mass is 372 g/mol. The van der Waals surface area contributed by atoms with Crippen LogP contribution in [0.15, 0.2) is 12.1 Å². The minimum atomic E-state index is -1.09. The molecule has 1 rings (SSSR count). The second kappa shape index (κ2) is 5.73. The molecule has 2 radical (unpaired) electrons. The first-order valence-electron chi connectivity index (χ1n) is 6.06. The van der Waals surface area contributed by atoms with E-state index < -0.39 is 5.97 Å². The van der Waals surface area contributed by atoms with Gasteiger partial charge in [-0.15, -0.1) is 0 Å². The van der Waals surface area contributed by atoms with Crippen molar-refractivity contribution in [3.8, 4) is 5.75 Å². The van der Waals surface area contributed by atoms with Crippen LogP contribution in [0.5, 0.6) is 5.75 Å². The molecule has 0 saturated carbocycles. The minimum absolute atomic E-state index is 0. The molecule has 0 fully saturated rings. The number of carboxylic acid groups (broad SMARTS) is 1. The summed E-state index contributed by atoms with van der Waals surface area (Å²) in [4.78, 5) is 11.2. The third-order valence-corrected chi connectivity index (χ3v) is 3.01. The number of benzene rings is 1. The number of rotatable bonds is 1. The molecule has 4 heteroatoms. The van der Waals surface area contributed by atoms with E-state index in [1.54, 1.807) is 6.07 Å². The molecule has 0 bridgehead atoms. The molecule has 0 unspecified atom stereocenters. The van der Waals surface area contributed by atoms with Crippen molar-refractivity contribution in [2.45, 2.75) is 52.4 Å². The van der Waals surface area contributed by atoms with Gasteiger partial charge in [0, 0.05) is 5.56 Å². The van der Waals surface area contributed by atoms with Crippen LogP contribution in [0.2, 0.25) is 0 Å². The summed E-state index contributed by atoms with van der Waals surface area (Å²) in [5.41, 5.74) is 1.12. The van der Waals surface area contributed by atoms with Crippen LogP contribution in [0.3, 0.4) is 0 Å². The molecule has 0 spiro atoms. The van der Waals surface area contributed by atoms with Crippen molar-refractivity contribution < 1.29 is 15.0 Å². The molecular weight excluding hydrogens is 347 g/mol. The molecule has 3 nitrogen and oxygen atoms in total. The van der Waals surface area contributed by atoms with Gasteiger partial charge in [0.2, 0.25) is 0 Å². The van der Waals surface area contributed by atoms with Gasteiger partial charge >= 0.3 is 29.9 Å². The number of aromatic hydroxyl groups is 1. The molecule has 0 aliphatic rings.